The van der Waals surface area contributed by atoms with Gasteiger partial charge in [-0.2, -0.15) is 4.31 Å². The highest BCUT2D eigenvalue weighted by molar-refractivity contribution is 7.98. The number of thioether (sulfide) groups is 1. The summed E-state index contributed by atoms with van der Waals surface area (Å²) in [4.78, 5) is 29.7. The van der Waals surface area contributed by atoms with Gasteiger partial charge in [-0.1, -0.05) is 45.1 Å². The van der Waals surface area contributed by atoms with Gasteiger partial charge in [-0.15, -0.1) is 11.8 Å². The minimum atomic E-state index is -3.63. The number of hydrogen-bond acceptors (Lipinski definition) is 5. The molecule has 1 aromatic carbocycles. The molecule has 2 amide bonds. The van der Waals surface area contributed by atoms with Gasteiger partial charge >= 0.3 is 0 Å². The molecule has 1 N–H and O–H groups in total. The number of nitrogens with zero attached hydrogens (tertiary/aromatic N) is 2. The minimum Gasteiger partial charge on any atom is -0.351 e. The summed E-state index contributed by atoms with van der Waals surface area (Å²) in [5.74, 6) is -0.704. The first kappa shape index (κ1) is 26.0. The van der Waals surface area contributed by atoms with Gasteiger partial charge in [0.2, 0.25) is 21.8 Å². The van der Waals surface area contributed by atoms with Crippen LogP contribution >= 0.6 is 11.8 Å². The predicted octanol–water partition coefficient (Wildman–Crippen LogP) is 3.78. The molecule has 1 aliphatic carbocycles. The Morgan fingerprint density at radius 2 is 1.85 bits per heavy atom. The van der Waals surface area contributed by atoms with Gasteiger partial charge in [-0.25, -0.2) is 8.42 Å². The SMILES string of the molecule is CCCS(=O)(=O)N1CC(=O)N(c2cccc(SC)c2)C(C)(C(=O)NC2CCCCCCC2)C1. The first-order valence-corrected chi connectivity index (χ1v) is 14.8. The highest BCUT2D eigenvalue weighted by Crippen LogP contribution is 2.33. The van der Waals surface area contributed by atoms with E-state index >= 15 is 0 Å². The van der Waals surface area contributed by atoms with Crippen molar-refractivity contribution in [3.05, 3.63) is 24.3 Å². The quantitative estimate of drug-likeness (QED) is 0.582. The van der Waals surface area contributed by atoms with Crippen molar-refractivity contribution >= 4 is 39.3 Å². The number of rotatable bonds is 7. The van der Waals surface area contributed by atoms with Gasteiger partial charge in [0.1, 0.15) is 5.54 Å². The van der Waals surface area contributed by atoms with Crippen LogP contribution in [0.1, 0.15) is 65.2 Å². The average molecular weight is 496 g/mol. The van der Waals surface area contributed by atoms with Crippen molar-refractivity contribution in [3.8, 4) is 0 Å². The topological polar surface area (TPSA) is 86.8 Å². The molecule has 7 nitrogen and oxygen atoms in total. The molecule has 33 heavy (non-hydrogen) atoms. The summed E-state index contributed by atoms with van der Waals surface area (Å²) in [6.07, 6.45) is 9.93. The molecule has 184 valence electrons. The van der Waals surface area contributed by atoms with E-state index in [4.69, 9.17) is 0 Å². The van der Waals surface area contributed by atoms with Gasteiger partial charge in [0.15, 0.2) is 0 Å². The van der Waals surface area contributed by atoms with E-state index in [0.29, 0.717) is 12.1 Å². The Morgan fingerprint density at radius 1 is 1.18 bits per heavy atom. The van der Waals surface area contributed by atoms with E-state index in [1.54, 1.807) is 25.6 Å². The molecular formula is C24H37N3O4S2. The van der Waals surface area contributed by atoms with Crippen LogP contribution < -0.4 is 10.2 Å². The molecule has 1 heterocycles. The fourth-order valence-electron chi connectivity index (χ4n) is 4.84. The maximum absolute atomic E-state index is 13.8. The fourth-order valence-corrected chi connectivity index (χ4v) is 6.83. The molecule has 1 saturated carbocycles. The van der Waals surface area contributed by atoms with Crippen molar-refractivity contribution in [2.75, 3.05) is 30.0 Å². The van der Waals surface area contributed by atoms with Crippen LogP contribution in [0.2, 0.25) is 0 Å². The summed E-state index contributed by atoms with van der Waals surface area (Å²) in [5, 5.41) is 3.19. The van der Waals surface area contributed by atoms with Crippen molar-refractivity contribution < 1.29 is 18.0 Å². The molecule has 3 rings (SSSR count). The molecule has 0 bridgehead atoms. The Balaban J connectivity index is 1.96. The lowest BCUT2D eigenvalue weighted by atomic mass is 9.92. The number of sulfonamides is 1. The first-order chi connectivity index (χ1) is 15.7. The second kappa shape index (κ2) is 11.2. The Morgan fingerprint density at radius 3 is 2.48 bits per heavy atom. The second-order valence-corrected chi connectivity index (χ2v) is 12.3. The average Bonchev–Trinajstić information content (AvgIpc) is 2.75. The van der Waals surface area contributed by atoms with E-state index in [9.17, 15) is 18.0 Å². The van der Waals surface area contributed by atoms with Crippen molar-refractivity contribution in [2.24, 2.45) is 0 Å². The summed E-state index contributed by atoms with van der Waals surface area (Å²) in [5.41, 5.74) is -0.718. The maximum atomic E-state index is 13.8. The van der Waals surface area contributed by atoms with Gasteiger partial charge in [0, 0.05) is 23.2 Å². The molecule has 2 aliphatic rings. The zero-order chi connectivity index (χ0) is 24.1. The normalized spacial score (nSPS) is 23.7. The molecule has 1 aliphatic heterocycles. The van der Waals surface area contributed by atoms with Crippen LogP contribution in [-0.4, -0.2) is 61.2 Å². The standard InChI is InChI=1S/C24H37N3O4S2/c1-4-15-33(30,31)26-17-22(28)27(20-13-10-14-21(16-20)32-3)24(2,18-26)23(29)25-19-11-8-6-5-7-9-12-19/h10,13-14,16,19H,4-9,11-12,15,17-18H2,1-3H3,(H,25,29). The van der Waals surface area contributed by atoms with Crippen molar-refractivity contribution in [1.82, 2.24) is 9.62 Å². The summed E-state index contributed by atoms with van der Waals surface area (Å²) >= 11 is 1.56. The van der Waals surface area contributed by atoms with Gasteiger partial charge in [-0.3, -0.25) is 14.5 Å². The molecule has 2 fully saturated rings. The summed E-state index contributed by atoms with van der Waals surface area (Å²) in [6, 6.07) is 7.57. The van der Waals surface area contributed by atoms with Crippen molar-refractivity contribution in [1.29, 1.82) is 0 Å². The highest BCUT2D eigenvalue weighted by Gasteiger charge is 2.51. The number of carbonyl (C=O) groups is 2. The number of amides is 2. The van der Waals surface area contributed by atoms with Gasteiger partial charge in [-0.05, 0) is 50.6 Å². The zero-order valence-corrected chi connectivity index (χ0v) is 21.6. The summed E-state index contributed by atoms with van der Waals surface area (Å²) in [6.45, 7) is 3.19. The van der Waals surface area contributed by atoms with Gasteiger partial charge < -0.3 is 5.32 Å². The molecule has 9 heteroatoms. The van der Waals surface area contributed by atoms with E-state index < -0.39 is 15.6 Å². The molecular weight excluding hydrogens is 458 g/mol. The molecule has 1 unspecified atom stereocenters. The van der Waals surface area contributed by atoms with E-state index in [1.165, 1.54) is 28.5 Å². The molecule has 1 saturated heterocycles. The van der Waals surface area contributed by atoms with E-state index in [2.05, 4.69) is 5.32 Å². The van der Waals surface area contributed by atoms with Crippen LogP contribution in [0.15, 0.2) is 29.2 Å². The number of benzene rings is 1. The molecule has 0 aromatic heterocycles. The lowest BCUT2D eigenvalue weighted by Gasteiger charge is -2.47. The van der Waals surface area contributed by atoms with E-state index in [-0.39, 0.29) is 36.7 Å². The third-order valence-electron chi connectivity index (χ3n) is 6.64. The third-order valence-corrected chi connectivity index (χ3v) is 9.33. The Kier molecular flexibility index (Phi) is 8.86. The van der Waals surface area contributed by atoms with Crippen LogP contribution in [0.25, 0.3) is 0 Å². The molecule has 1 atom stereocenters. The monoisotopic (exact) mass is 495 g/mol. The van der Waals surface area contributed by atoms with E-state index in [1.807, 2.05) is 30.5 Å². The van der Waals surface area contributed by atoms with Crippen LogP contribution in [0, 0.1) is 0 Å². The van der Waals surface area contributed by atoms with Crippen LogP contribution in [0.3, 0.4) is 0 Å². The fraction of sp³-hybridized carbons (Fsp3) is 0.667. The Labute approximate surface area is 202 Å². The highest BCUT2D eigenvalue weighted by atomic mass is 32.2. The van der Waals surface area contributed by atoms with Gasteiger partial charge in [0.25, 0.3) is 0 Å². The van der Waals surface area contributed by atoms with Crippen molar-refractivity contribution in [3.63, 3.8) is 0 Å². The van der Waals surface area contributed by atoms with Crippen molar-refractivity contribution in [2.45, 2.75) is 81.7 Å². The largest absolute Gasteiger partial charge is 0.351 e. The lowest BCUT2D eigenvalue weighted by molar-refractivity contribution is -0.133. The maximum Gasteiger partial charge on any atom is 0.247 e. The Hall–Kier alpha value is -1.58. The number of hydrogen-bond donors (Lipinski definition) is 1. The molecule has 0 spiro atoms. The smallest absolute Gasteiger partial charge is 0.247 e. The van der Waals surface area contributed by atoms with Crippen LogP contribution in [-0.2, 0) is 19.6 Å². The zero-order valence-electron chi connectivity index (χ0n) is 20.0. The number of piperazine rings is 1. The summed E-state index contributed by atoms with van der Waals surface area (Å²) in [7, 11) is -3.63. The lowest BCUT2D eigenvalue weighted by Crippen LogP contribution is -2.71. The van der Waals surface area contributed by atoms with Gasteiger partial charge in [0.05, 0.1) is 12.3 Å². The number of nitrogens with one attached hydrogen (secondary N) is 1. The first-order valence-electron chi connectivity index (χ1n) is 12.0. The van der Waals surface area contributed by atoms with Crippen LogP contribution in [0.5, 0.6) is 0 Å². The minimum absolute atomic E-state index is 0.0391. The third kappa shape index (κ3) is 6.11. The number of anilines is 1. The molecule has 1 aromatic rings. The summed E-state index contributed by atoms with van der Waals surface area (Å²) < 4.78 is 27.0. The second-order valence-electron chi connectivity index (χ2n) is 9.30. The molecule has 0 radical (unpaired) electrons. The van der Waals surface area contributed by atoms with Crippen LogP contribution in [0.4, 0.5) is 5.69 Å². The predicted molar refractivity (Wildman–Crippen MR) is 134 cm³/mol. The van der Waals surface area contributed by atoms with E-state index in [0.717, 1.165) is 30.6 Å². The number of carbonyl (C=O) groups excluding carboxylic acids is 2. The Bertz CT molecular complexity index is 945.